The summed E-state index contributed by atoms with van der Waals surface area (Å²) in [7, 11) is -4.83. The number of hydrogen-bond acceptors (Lipinski definition) is 10. The maximum absolute atomic E-state index is 14.0. The average Bonchev–Trinajstić information content (AvgIpc) is 3.15. The molecule has 0 spiro atoms. The van der Waals surface area contributed by atoms with Crippen molar-refractivity contribution in [2.75, 3.05) is 13.2 Å². The van der Waals surface area contributed by atoms with Gasteiger partial charge >= 0.3 is 38.5 Å². The fourth-order valence-electron chi connectivity index (χ4n) is 4.95. The third kappa shape index (κ3) is 15.4. The van der Waals surface area contributed by atoms with Crippen LogP contribution in [0.15, 0.2) is 121 Å². The van der Waals surface area contributed by atoms with Crippen molar-refractivity contribution in [2.24, 2.45) is 4.99 Å². The van der Waals surface area contributed by atoms with Gasteiger partial charge in [0.1, 0.15) is 18.4 Å². The molecule has 1 unspecified atom stereocenters. The fourth-order valence-corrected chi connectivity index (χ4v) is 6.36. The van der Waals surface area contributed by atoms with Crippen molar-refractivity contribution in [1.29, 1.82) is 0 Å². The van der Waals surface area contributed by atoms with E-state index in [0.29, 0.717) is 24.0 Å². The van der Waals surface area contributed by atoms with Gasteiger partial charge in [0.25, 0.3) is 0 Å². The maximum Gasteiger partial charge on any atom is 1.00 e. The van der Waals surface area contributed by atoms with Crippen LogP contribution in [0.4, 0.5) is 4.79 Å². The van der Waals surface area contributed by atoms with Crippen molar-refractivity contribution in [3.05, 3.63) is 138 Å². The summed E-state index contributed by atoms with van der Waals surface area (Å²) in [5, 5.41) is 17.3. The number of alkyl carbamates (subject to hydrolysis) is 1. The number of aromatic nitrogens is 1. The molecule has 3 N–H and O–H groups in total. The van der Waals surface area contributed by atoms with Gasteiger partial charge in [-0.15, -0.1) is 0 Å². The number of ether oxygens (including phenoxy) is 2. The van der Waals surface area contributed by atoms with Gasteiger partial charge in [-0.2, -0.15) is 0 Å². The van der Waals surface area contributed by atoms with Gasteiger partial charge in [0.05, 0.1) is 6.61 Å². The average molecular weight is 737 g/mol. The Morgan fingerprint density at radius 1 is 0.830 bits per heavy atom. The number of aliphatic imine (C=N–C) groups is 1. The van der Waals surface area contributed by atoms with Gasteiger partial charge in [-0.3, -0.25) is 23.9 Å². The monoisotopic (exact) mass is 736 g/mol. The summed E-state index contributed by atoms with van der Waals surface area (Å²) in [6.07, 6.45) is 1.94. The first-order chi connectivity index (χ1) is 25.1. The predicted molar refractivity (Wildman–Crippen MR) is 192 cm³/mol. The van der Waals surface area contributed by atoms with Gasteiger partial charge in [-0.05, 0) is 60.0 Å². The van der Waals surface area contributed by atoms with Crippen LogP contribution in [0.2, 0.25) is 0 Å². The SMILES string of the molecule is C[C@H](N=C([O-])CNC(=O)OCc1ccccc1)C(=O)N[C@@H](Cc1ccccc1)P(=O)(O)O[C@@H](Cc1ccccc1)C(=O)OCCCc1ccncc1.[Li+]. The van der Waals surface area contributed by atoms with Gasteiger partial charge in [0, 0.05) is 31.8 Å². The van der Waals surface area contributed by atoms with Crippen LogP contribution >= 0.6 is 7.60 Å². The molecule has 3 aromatic carbocycles. The van der Waals surface area contributed by atoms with Gasteiger partial charge in [-0.25, -0.2) is 9.59 Å². The molecular weight excluding hydrogens is 694 g/mol. The topological polar surface area (TPSA) is 189 Å². The first kappa shape index (κ1) is 42.6. The number of aryl methyl sites for hydroxylation is 1. The van der Waals surface area contributed by atoms with Crippen LogP contribution in [-0.4, -0.2) is 64.8 Å². The van der Waals surface area contributed by atoms with E-state index in [0.717, 1.165) is 11.1 Å². The number of carbonyl (C=O) groups is 3. The molecule has 0 aliphatic carbocycles. The minimum Gasteiger partial charge on any atom is -0.861 e. The van der Waals surface area contributed by atoms with Crippen molar-refractivity contribution in [2.45, 2.75) is 57.1 Å². The number of carbonyl (C=O) groups excluding carboxylic acids is 3. The van der Waals surface area contributed by atoms with E-state index in [1.54, 1.807) is 97.3 Å². The molecule has 0 fully saturated rings. The smallest absolute Gasteiger partial charge is 0.861 e. The Kier molecular flexibility index (Phi) is 18.0. The molecule has 0 radical (unpaired) electrons. The standard InChI is InChI=1S/C38H43N4O9P.Li/c1-28(41-34(43)26-40-38(46)50-27-32-16-9-4-10-17-32)36(44)42-35(25-31-14-7-3-8-15-31)52(47,48)51-33(24-30-12-5-2-6-13-30)37(45)49-23-11-18-29-19-21-39-22-20-29;/h2-10,12-17,19-22,28,33,35H,11,18,23-27H2,1H3,(H,40,46)(H,41,43)(H,42,44)(H,47,48);/q;+1/p-1/t28-,33-,35+;/m0./s1. The zero-order valence-electron chi connectivity index (χ0n) is 29.7. The summed E-state index contributed by atoms with van der Waals surface area (Å²) >= 11 is 0. The zero-order valence-corrected chi connectivity index (χ0v) is 30.6. The maximum atomic E-state index is 14.0. The minimum absolute atomic E-state index is 0. The third-order valence-electron chi connectivity index (χ3n) is 7.70. The summed E-state index contributed by atoms with van der Waals surface area (Å²) in [6, 6.07) is 28.8. The van der Waals surface area contributed by atoms with E-state index >= 15 is 0 Å². The van der Waals surface area contributed by atoms with E-state index < -0.39 is 55.9 Å². The molecule has 53 heavy (non-hydrogen) atoms. The number of hydrogen-bond donors (Lipinski definition) is 3. The van der Waals surface area contributed by atoms with Crippen molar-refractivity contribution >= 4 is 31.5 Å². The minimum atomic E-state index is -4.83. The predicted octanol–water partition coefficient (Wildman–Crippen LogP) is 1.13. The van der Waals surface area contributed by atoms with Gasteiger partial charge in [0.2, 0.25) is 5.91 Å². The van der Waals surface area contributed by atoms with E-state index in [2.05, 4.69) is 20.6 Å². The second-order valence-electron chi connectivity index (χ2n) is 11.8. The second kappa shape index (κ2) is 22.3. The molecule has 1 heterocycles. The van der Waals surface area contributed by atoms with Crippen LogP contribution < -0.4 is 34.6 Å². The van der Waals surface area contributed by atoms with Crippen LogP contribution in [0.25, 0.3) is 0 Å². The summed E-state index contributed by atoms with van der Waals surface area (Å²) in [4.78, 5) is 57.8. The Labute approximate surface area is 320 Å². The molecule has 4 atom stereocenters. The molecule has 4 rings (SSSR count). The van der Waals surface area contributed by atoms with E-state index in [1.807, 2.05) is 18.2 Å². The Morgan fingerprint density at radius 3 is 2.00 bits per heavy atom. The molecule has 0 aliphatic heterocycles. The summed E-state index contributed by atoms with van der Waals surface area (Å²) < 4.78 is 30.3. The largest absolute Gasteiger partial charge is 1.00 e. The molecule has 4 aromatic rings. The van der Waals surface area contributed by atoms with Crippen LogP contribution in [-0.2, 0) is 54.0 Å². The van der Waals surface area contributed by atoms with Crippen molar-refractivity contribution in [3.8, 4) is 0 Å². The van der Waals surface area contributed by atoms with Crippen molar-refractivity contribution in [3.63, 3.8) is 0 Å². The molecule has 0 saturated carbocycles. The Hall–Kier alpha value is -4.76. The Morgan fingerprint density at radius 2 is 1.40 bits per heavy atom. The van der Waals surface area contributed by atoms with Gasteiger partial charge in [-0.1, -0.05) is 91.0 Å². The first-order valence-electron chi connectivity index (χ1n) is 16.7. The molecular formula is C38H42LiN4O9P. The number of nitrogens with zero attached hydrogens (tertiary/aromatic N) is 2. The molecule has 274 valence electrons. The number of rotatable bonds is 19. The number of benzene rings is 3. The van der Waals surface area contributed by atoms with Crippen LogP contribution in [0.5, 0.6) is 0 Å². The van der Waals surface area contributed by atoms with Crippen LogP contribution in [0, 0.1) is 0 Å². The molecule has 0 saturated heterocycles. The van der Waals surface area contributed by atoms with E-state index in [-0.39, 0.29) is 44.9 Å². The Bertz CT molecular complexity index is 1790. The number of nitrogens with one attached hydrogen (secondary N) is 2. The van der Waals surface area contributed by atoms with Gasteiger partial charge < -0.3 is 30.1 Å². The molecule has 2 amide bonds. The third-order valence-corrected chi connectivity index (χ3v) is 9.35. The fraction of sp³-hybridized carbons (Fsp3) is 0.289. The van der Waals surface area contributed by atoms with Crippen molar-refractivity contribution < 1.29 is 61.8 Å². The molecule has 0 bridgehead atoms. The van der Waals surface area contributed by atoms with E-state index in [4.69, 9.17) is 14.0 Å². The summed E-state index contributed by atoms with van der Waals surface area (Å²) in [5.41, 5.74) is 3.04. The van der Waals surface area contributed by atoms with Crippen LogP contribution in [0.3, 0.4) is 0 Å². The zero-order chi connectivity index (χ0) is 37.2. The quantitative estimate of drug-likeness (QED) is 0.0315. The van der Waals surface area contributed by atoms with E-state index in [9.17, 15) is 28.9 Å². The van der Waals surface area contributed by atoms with Crippen molar-refractivity contribution in [1.82, 2.24) is 15.6 Å². The number of pyridine rings is 1. The van der Waals surface area contributed by atoms with E-state index in [1.165, 1.54) is 6.92 Å². The number of amides is 2. The molecule has 1 aromatic heterocycles. The number of esters is 1. The molecule has 0 aliphatic rings. The summed E-state index contributed by atoms with van der Waals surface area (Å²) in [6.45, 7) is 0.832. The Balaban J connectivity index is 0.00000756. The molecule has 13 nitrogen and oxygen atoms in total. The molecule has 15 heteroatoms. The van der Waals surface area contributed by atoms with Crippen LogP contribution in [0.1, 0.15) is 35.6 Å². The normalized spacial score (nSPS) is 14.0. The first-order valence-corrected chi connectivity index (χ1v) is 18.4. The summed E-state index contributed by atoms with van der Waals surface area (Å²) in [5.74, 6) is -4.03. The second-order valence-corrected chi connectivity index (χ2v) is 13.8. The van der Waals surface area contributed by atoms with Gasteiger partial charge in [0.15, 0.2) is 6.10 Å².